The van der Waals surface area contributed by atoms with Crippen LogP contribution in [0.25, 0.3) is 12.2 Å². The largest absolute Gasteiger partial charge is 0.348 e. The van der Waals surface area contributed by atoms with Crippen molar-refractivity contribution in [3.63, 3.8) is 0 Å². The highest BCUT2D eigenvalue weighted by molar-refractivity contribution is 6.09. The lowest BCUT2D eigenvalue weighted by molar-refractivity contribution is 0.103. The van der Waals surface area contributed by atoms with Gasteiger partial charge in [0.2, 0.25) is 0 Å². The Hall–Kier alpha value is -4.33. The zero-order chi connectivity index (χ0) is 24.5. The van der Waals surface area contributed by atoms with Crippen molar-refractivity contribution < 1.29 is 9.18 Å². The first-order valence-corrected chi connectivity index (χ1v) is 10.6. The van der Waals surface area contributed by atoms with E-state index >= 15 is 0 Å². The Kier molecular flexibility index (Phi) is 5.98. The molecule has 0 aliphatic heterocycles. The molecule has 3 N–H and O–H groups in total. The standard InChI is InChI=1S/C26H23FN4O3/c1-26(2,3)23-19(28-14-29-23)13-21-25(34)30-20(24(33)31-21)12-15-7-6-8-16(11-15)22(32)17-9-4-5-10-18(17)27/h4-14H,1-3H3,(H,28,29)(H,30,34)(H,31,33)/b20-12-,21-13-. The van der Waals surface area contributed by atoms with Crippen molar-refractivity contribution in [3.8, 4) is 0 Å². The number of carbonyl (C=O) groups excluding carboxylic acids is 1. The number of benzene rings is 2. The lowest BCUT2D eigenvalue weighted by atomic mass is 9.90. The number of nitrogens with zero attached hydrogens (tertiary/aromatic N) is 1. The van der Waals surface area contributed by atoms with E-state index in [2.05, 4.69) is 19.9 Å². The summed E-state index contributed by atoms with van der Waals surface area (Å²) in [4.78, 5) is 50.5. The first-order valence-electron chi connectivity index (χ1n) is 10.6. The lowest BCUT2D eigenvalue weighted by Gasteiger charge is -2.16. The van der Waals surface area contributed by atoms with Gasteiger partial charge in [0, 0.05) is 16.7 Å². The first-order chi connectivity index (χ1) is 16.1. The van der Waals surface area contributed by atoms with E-state index < -0.39 is 22.7 Å². The van der Waals surface area contributed by atoms with Crippen molar-refractivity contribution in [3.05, 3.63) is 120 Å². The summed E-state index contributed by atoms with van der Waals surface area (Å²) in [6, 6.07) is 12.1. The van der Waals surface area contributed by atoms with Crippen LogP contribution in [0.4, 0.5) is 4.39 Å². The molecule has 34 heavy (non-hydrogen) atoms. The van der Waals surface area contributed by atoms with Gasteiger partial charge in [-0.2, -0.15) is 0 Å². The Morgan fingerprint density at radius 1 is 0.941 bits per heavy atom. The van der Waals surface area contributed by atoms with Crippen LogP contribution in [0, 0.1) is 5.82 Å². The van der Waals surface area contributed by atoms with Crippen LogP contribution < -0.4 is 21.8 Å². The normalized spacial score (nSPS) is 12.8. The van der Waals surface area contributed by atoms with Gasteiger partial charge < -0.3 is 15.0 Å². The van der Waals surface area contributed by atoms with Gasteiger partial charge in [-0.15, -0.1) is 0 Å². The lowest BCUT2D eigenvalue weighted by Crippen LogP contribution is -2.46. The van der Waals surface area contributed by atoms with E-state index in [0.717, 1.165) is 5.69 Å². The molecule has 0 bridgehead atoms. The third-order valence-electron chi connectivity index (χ3n) is 5.26. The molecular weight excluding hydrogens is 435 g/mol. The van der Waals surface area contributed by atoms with Gasteiger partial charge in [0.05, 0.1) is 17.6 Å². The fourth-order valence-electron chi connectivity index (χ4n) is 3.59. The number of H-pyrrole nitrogens is 3. The monoisotopic (exact) mass is 458 g/mol. The molecule has 0 amide bonds. The van der Waals surface area contributed by atoms with Crippen molar-refractivity contribution in [1.82, 2.24) is 19.9 Å². The Bertz CT molecular complexity index is 1620. The Morgan fingerprint density at radius 2 is 1.62 bits per heavy atom. The molecule has 0 fully saturated rings. The zero-order valence-electron chi connectivity index (χ0n) is 18.9. The molecule has 8 heteroatoms. The number of hydrogen-bond acceptors (Lipinski definition) is 4. The summed E-state index contributed by atoms with van der Waals surface area (Å²) in [5.74, 6) is -1.09. The predicted octanol–water partition coefficient (Wildman–Crippen LogP) is 2.11. The van der Waals surface area contributed by atoms with Crippen molar-refractivity contribution in [2.75, 3.05) is 0 Å². The molecule has 0 unspecified atom stereocenters. The minimum Gasteiger partial charge on any atom is -0.348 e. The Balaban J connectivity index is 1.74. The number of aromatic amines is 3. The molecule has 172 valence electrons. The maximum Gasteiger partial charge on any atom is 0.272 e. The summed E-state index contributed by atoms with van der Waals surface area (Å²) in [5, 5.41) is 0.0962. The fourth-order valence-corrected chi connectivity index (χ4v) is 3.59. The van der Waals surface area contributed by atoms with Crippen LogP contribution in [0.1, 0.15) is 53.6 Å². The molecular formula is C26H23FN4O3. The average Bonchev–Trinajstić information content (AvgIpc) is 3.26. The number of imidazole rings is 1. The minimum absolute atomic E-state index is 0.0238. The van der Waals surface area contributed by atoms with Crippen molar-refractivity contribution in [1.29, 1.82) is 0 Å². The van der Waals surface area contributed by atoms with Crippen molar-refractivity contribution >= 4 is 17.9 Å². The summed E-state index contributed by atoms with van der Waals surface area (Å²) in [7, 11) is 0. The summed E-state index contributed by atoms with van der Waals surface area (Å²) in [6.07, 6.45) is 4.52. The Labute approximate surface area is 193 Å². The quantitative estimate of drug-likeness (QED) is 0.407. The molecule has 2 aromatic heterocycles. The Morgan fingerprint density at radius 3 is 2.29 bits per heavy atom. The van der Waals surface area contributed by atoms with E-state index in [9.17, 15) is 18.8 Å². The minimum atomic E-state index is -0.610. The van der Waals surface area contributed by atoms with Crippen LogP contribution in [0.15, 0.2) is 64.4 Å². The van der Waals surface area contributed by atoms with Gasteiger partial charge in [0.15, 0.2) is 5.78 Å². The number of halogens is 1. The molecule has 4 rings (SSSR count). The van der Waals surface area contributed by atoms with Crippen molar-refractivity contribution in [2.24, 2.45) is 0 Å². The number of carbonyl (C=O) groups is 1. The van der Waals surface area contributed by atoms with E-state index in [4.69, 9.17) is 0 Å². The van der Waals surface area contributed by atoms with Crippen LogP contribution in [0.3, 0.4) is 0 Å². The number of hydrogen-bond donors (Lipinski definition) is 3. The molecule has 0 aliphatic rings. The van der Waals surface area contributed by atoms with Gasteiger partial charge in [-0.05, 0) is 35.9 Å². The summed E-state index contributed by atoms with van der Waals surface area (Å²) >= 11 is 0. The molecule has 0 aliphatic carbocycles. The van der Waals surface area contributed by atoms with Gasteiger partial charge in [-0.3, -0.25) is 14.4 Å². The van der Waals surface area contributed by atoms with Crippen LogP contribution in [0.5, 0.6) is 0 Å². The summed E-state index contributed by atoms with van der Waals surface area (Å²) in [6.45, 7) is 6.02. The van der Waals surface area contributed by atoms with Gasteiger partial charge in [-0.1, -0.05) is 51.1 Å². The van der Waals surface area contributed by atoms with E-state index in [1.165, 1.54) is 42.7 Å². The van der Waals surface area contributed by atoms with Crippen LogP contribution in [-0.2, 0) is 5.41 Å². The highest BCUT2D eigenvalue weighted by atomic mass is 19.1. The second-order valence-corrected chi connectivity index (χ2v) is 8.87. The SMILES string of the molecule is CC(C)(C)c1[nH]cnc1/C=c1\[nH]c(=O)/c(=C/c2cccc(C(=O)c3ccccc3F)c2)[nH]c1=O. The van der Waals surface area contributed by atoms with Crippen molar-refractivity contribution in [2.45, 2.75) is 26.2 Å². The molecule has 2 aromatic carbocycles. The topological polar surface area (TPSA) is 111 Å². The predicted molar refractivity (Wildman–Crippen MR) is 128 cm³/mol. The smallest absolute Gasteiger partial charge is 0.272 e. The average molecular weight is 458 g/mol. The number of aromatic nitrogens is 4. The van der Waals surface area contributed by atoms with Crippen LogP contribution in [0.2, 0.25) is 0 Å². The second kappa shape index (κ2) is 8.90. The van der Waals surface area contributed by atoms with E-state index in [1.54, 1.807) is 24.3 Å². The number of rotatable bonds is 4. The molecule has 0 spiro atoms. The molecule has 2 heterocycles. The number of nitrogens with one attached hydrogen (secondary N) is 3. The van der Waals surface area contributed by atoms with E-state index in [0.29, 0.717) is 11.3 Å². The van der Waals surface area contributed by atoms with Gasteiger partial charge in [0.1, 0.15) is 16.5 Å². The van der Waals surface area contributed by atoms with Gasteiger partial charge >= 0.3 is 0 Å². The highest BCUT2D eigenvalue weighted by Crippen LogP contribution is 2.22. The first kappa shape index (κ1) is 22.8. The van der Waals surface area contributed by atoms with Gasteiger partial charge in [-0.25, -0.2) is 9.37 Å². The van der Waals surface area contributed by atoms with Crippen LogP contribution >= 0.6 is 0 Å². The number of ketones is 1. The molecule has 0 saturated heterocycles. The molecule has 0 radical (unpaired) electrons. The zero-order valence-corrected chi connectivity index (χ0v) is 18.9. The summed E-state index contributed by atoms with van der Waals surface area (Å²) in [5.41, 5.74) is 0.882. The van der Waals surface area contributed by atoms with Crippen LogP contribution in [-0.4, -0.2) is 25.7 Å². The highest BCUT2D eigenvalue weighted by Gasteiger charge is 2.19. The fraction of sp³-hybridized carbons (Fsp3) is 0.154. The second-order valence-electron chi connectivity index (χ2n) is 8.87. The molecule has 0 atom stereocenters. The third-order valence-corrected chi connectivity index (χ3v) is 5.26. The molecule has 4 aromatic rings. The van der Waals surface area contributed by atoms with E-state index in [1.807, 2.05) is 20.8 Å². The van der Waals surface area contributed by atoms with E-state index in [-0.39, 0.29) is 27.2 Å². The third kappa shape index (κ3) is 4.71. The maximum atomic E-state index is 14.0. The molecule has 7 nitrogen and oxygen atoms in total. The van der Waals surface area contributed by atoms with Gasteiger partial charge in [0.25, 0.3) is 11.1 Å². The summed E-state index contributed by atoms with van der Waals surface area (Å²) < 4.78 is 14.0. The molecule has 0 saturated carbocycles. The maximum absolute atomic E-state index is 14.0.